The van der Waals surface area contributed by atoms with E-state index < -0.39 is 9.70 Å². The number of amides is 1. The molecular formula is C11H10BrCl4NO4. The maximum atomic E-state index is 11.5. The van der Waals surface area contributed by atoms with Crippen molar-refractivity contribution in [1.29, 1.82) is 0 Å². The van der Waals surface area contributed by atoms with Gasteiger partial charge < -0.3 is 19.9 Å². The van der Waals surface area contributed by atoms with Gasteiger partial charge in [-0.1, -0.05) is 46.4 Å². The van der Waals surface area contributed by atoms with Crippen LogP contribution < -0.4 is 14.8 Å². The molecule has 1 rings (SSSR count). The van der Waals surface area contributed by atoms with Crippen LogP contribution >= 0.6 is 62.3 Å². The van der Waals surface area contributed by atoms with Gasteiger partial charge in [-0.05, 0) is 15.9 Å². The minimum atomic E-state index is -2.11. The van der Waals surface area contributed by atoms with Gasteiger partial charge in [-0.3, -0.25) is 4.79 Å². The largest absolute Gasteiger partial charge is 0.506 e. The van der Waals surface area contributed by atoms with E-state index in [9.17, 15) is 9.90 Å². The van der Waals surface area contributed by atoms with E-state index >= 15 is 0 Å². The molecule has 118 valence electrons. The normalized spacial score (nSPS) is 11.2. The highest BCUT2D eigenvalue weighted by Crippen LogP contribution is 2.48. The highest BCUT2D eigenvalue weighted by Gasteiger charge is 2.31. The average molecular weight is 442 g/mol. The summed E-state index contributed by atoms with van der Waals surface area (Å²) in [4.78, 5) is 11.5. The molecule has 2 N–H and O–H groups in total. The number of aromatic hydroxyl groups is 1. The number of halogens is 5. The van der Waals surface area contributed by atoms with Crippen LogP contribution in [0.15, 0.2) is 4.47 Å². The van der Waals surface area contributed by atoms with Gasteiger partial charge in [0, 0.05) is 0 Å². The van der Waals surface area contributed by atoms with Crippen LogP contribution in [0.5, 0.6) is 17.2 Å². The second kappa shape index (κ2) is 7.33. The van der Waals surface area contributed by atoms with Crippen LogP contribution in [-0.2, 0) is 11.3 Å². The van der Waals surface area contributed by atoms with Crippen molar-refractivity contribution in [2.45, 2.75) is 10.3 Å². The van der Waals surface area contributed by atoms with Crippen LogP contribution in [-0.4, -0.2) is 29.0 Å². The van der Waals surface area contributed by atoms with Gasteiger partial charge in [-0.15, -0.1) is 0 Å². The zero-order valence-electron chi connectivity index (χ0n) is 10.8. The lowest BCUT2D eigenvalue weighted by molar-refractivity contribution is -0.120. The van der Waals surface area contributed by atoms with E-state index in [1.54, 1.807) is 0 Å². The molecule has 0 aliphatic rings. The van der Waals surface area contributed by atoms with Crippen molar-refractivity contribution in [2.75, 3.05) is 14.2 Å². The Morgan fingerprint density at radius 2 is 1.81 bits per heavy atom. The number of rotatable bonds is 4. The molecule has 1 aromatic rings. The topological polar surface area (TPSA) is 67.8 Å². The minimum absolute atomic E-state index is 0.128. The first-order chi connectivity index (χ1) is 9.65. The number of benzene rings is 1. The summed E-state index contributed by atoms with van der Waals surface area (Å²) in [6.07, 6.45) is 0. The quantitative estimate of drug-likeness (QED) is 0.697. The van der Waals surface area contributed by atoms with Crippen LogP contribution in [0.25, 0.3) is 0 Å². The van der Waals surface area contributed by atoms with E-state index in [0.29, 0.717) is 0 Å². The van der Waals surface area contributed by atoms with Crippen LogP contribution in [0.4, 0.5) is 0 Å². The van der Waals surface area contributed by atoms with Crippen LogP contribution in [0, 0.1) is 0 Å². The Balaban J connectivity index is 3.21. The van der Waals surface area contributed by atoms with E-state index in [-0.39, 0.29) is 38.9 Å². The van der Waals surface area contributed by atoms with Gasteiger partial charge >= 0.3 is 0 Å². The van der Waals surface area contributed by atoms with Gasteiger partial charge in [-0.25, -0.2) is 0 Å². The summed E-state index contributed by atoms with van der Waals surface area (Å²) >= 11 is 25.6. The number of phenolic OH excluding ortho intramolecular Hbond substituents is 1. The predicted molar refractivity (Wildman–Crippen MR) is 86.1 cm³/mol. The number of carbonyl (C=O) groups excluding carboxylic acids is 1. The molecule has 0 fully saturated rings. The maximum Gasteiger partial charge on any atom is 0.272 e. The Hall–Kier alpha value is -0.270. The van der Waals surface area contributed by atoms with Gasteiger partial charge in [0.15, 0.2) is 5.75 Å². The highest BCUT2D eigenvalue weighted by molar-refractivity contribution is 9.10. The fourth-order valence-corrected chi connectivity index (χ4v) is 2.78. The number of ether oxygens (including phenoxy) is 2. The lowest BCUT2D eigenvalue weighted by atomic mass is 10.1. The molecule has 0 aromatic heterocycles. The van der Waals surface area contributed by atoms with Crippen molar-refractivity contribution in [3.63, 3.8) is 0 Å². The van der Waals surface area contributed by atoms with E-state index in [0.717, 1.165) is 0 Å². The molecule has 0 saturated carbocycles. The molecule has 0 saturated heterocycles. The predicted octanol–water partition coefficient (Wildman–Crippen LogP) is 3.81. The summed E-state index contributed by atoms with van der Waals surface area (Å²) in [5.74, 6) is -0.726. The fraction of sp³-hybridized carbons (Fsp3) is 0.364. The monoisotopic (exact) mass is 439 g/mol. The van der Waals surface area contributed by atoms with Crippen molar-refractivity contribution in [1.82, 2.24) is 5.32 Å². The number of methoxy groups -OCH3 is 2. The first-order valence-electron chi connectivity index (χ1n) is 5.30. The molecule has 1 amide bonds. The molecule has 0 heterocycles. The molecule has 0 bridgehead atoms. The summed E-state index contributed by atoms with van der Waals surface area (Å²) in [5.41, 5.74) is 0.206. The molecule has 5 nitrogen and oxygen atoms in total. The third-order valence-corrected chi connectivity index (χ3v) is 4.05. The highest BCUT2D eigenvalue weighted by atomic mass is 79.9. The zero-order chi connectivity index (χ0) is 16.4. The summed E-state index contributed by atoms with van der Waals surface area (Å²) in [6, 6.07) is 0. The third-order valence-electron chi connectivity index (χ3n) is 2.46. The zero-order valence-corrected chi connectivity index (χ0v) is 15.4. The van der Waals surface area contributed by atoms with E-state index in [4.69, 9.17) is 55.9 Å². The lowest BCUT2D eigenvalue weighted by Crippen LogP contribution is -2.34. The molecule has 0 unspecified atom stereocenters. The average Bonchev–Trinajstić information content (AvgIpc) is 2.40. The Morgan fingerprint density at radius 1 is 1.29 bits per heavy atom. The molecule has 0 aliphatic heterocycles. The van der Waals surface area contributed by atoms with Crippen LogP contribution in [0.2, 0.25) is 5.02 Å². The molecule has 0 aliphatic carbocycles. The molecular weight excluding hydrogens is 432 g/mol. The second-order valence-electron chi connectivity index (χ2n) is 3.70. The van der Waals surface area contributed by atoms with E-state index in [1.807, 2.05) is 0 Å². The van der Waals surface area contributed by atoms with E-state index in [2.05, 4.69) is 21.2 Å². The molecule has 21 heavy (non-hydrogen) atoms. The first kappa shape index (κ1) is 18.8. The number of phenols is 1. The Bertz CT molecular complexity index is 562. The minimum Gasteiger partial charge on any atom is -0.506 e. The van der Waals surface area contributed by atoms with Gasteiger partial charge in [0.1, 0.15) is 21.0 Å². The number of hydrogen-bond donors (Lipinski definition) is 2. The van der Waals surface area contributed by atoms with Crippen molar-refractivity contribution >= 4 is 68.2 Å². The van der Waals surface area contributed by atoms with Gasteiger partial charge in [-0.2, -0.15) is 0 Å². The number of alkyl halides is 3. The number of carbonyl (C=O) groups is 1. The van der Waals surface area contributed by atoms with Gasteiger partial charge in [0.2, 0.25) is 0 Å². The Kier molecular flexibility index (Phi) is 6.55. The fourth-order valence-electron chi connectivity index (χ4n) is 1.50. The molecule has 0 atom stereocenters. The van der Waals surface area contributed by atoms with Crippen molar-refractivity contribution in [3.8, 4) is 17.2 Å². The van der Waals surface area contributed by atoms with Gasteiger partial charge in [0.25, 0.3) is 9.70 Å². The maximum absolute atomic E-state index is 11.5. The third kappa shape index (κ3) is 4.13. The SMILES string of the molecule is COc1c(Cl)c(OC)c(CNC(=O)C(Cl)(Cl)Cl)c(O)c1Br. The standard InChI is InChI=1S/C11H10BrCl4NO4/c1-20-8-4(3-17-10(19)11(14,15)16)7(18)5(12)9(21-2)6(8)13/h18H,3H2,1-2H3,(H,17,19). The van der Waals surface area contributed by atoms with Gasteiger partial charge in [0.05, 0.1) is 26.3 Å². The van der Waals surface area contributed by atoms with Crippen molar-refractivity contribution in [2.24, 2.45) is 0 Å². The summed E-state index contributed by atoms with van der Waals surface area (Å²) < 4.78 is 8.30. The lowest BCUT2D eigenvalue weighted by Gasteiger charge is -2.18. The van der Waals surface area contributed by atoms with Crippen LogP contribution in [0.1, 0.15) is 5.56 Å². The molecule has 0 spiro atoms. The molecule has 0 radical (unpaired) electrons. The summed E-state index contributed by atoms with van der Waals surface area (Å²) in [7, 11) is 2.74. The Labute approximate surface area is 149 Å². The molecule has 10 heteroatoms. The van der Waals surface area contributed by atoms with Crippen molar-refractivity contribution in [3.05, 3.63) is 15.1 Å². The second-order valence-corrected chi connectivity index (χ2v) is 7.15. The first-order valence-corrected chi connectivity index (χ1v) is 7.61. The summed E-state index contributed by atoms with van der Waals surface area (Å²) in [6.45, 7) is -0.163. The number of hydrogen-bond acceptors (Lipinski definition) is 4. The van der Waals surface area contributed by atoms with Crippen molar-refractivity contribution < 1.29 is 19.4 Å². The smallest absolute Gasteiger partial charge is 0.272 e. The van der Waals surface area contributed by atoms with Crippen LogP contribution in [0.3, 0.4) is 0 Å². The Morgan fingerprint density at radius 3 is 2.24 bits per heavy atom. The summed E-state index contributed by atoms with van der Waals surface area (Å²) in [5, 5.41) is 12.6. The molecule has 1 aromatic carbocycles. The number of nitrogens with one attached hydrogen (secondary N) is 1. The van der Waals surface area contributed by atoms with E-state index in [1.165, 1.54) is 14.2 Å².